The third-order valence-electron chi connectivity index (χ3n) is 6.09. The normalized spacial score (nSPS) is 16.7. The molecular weight excluding hydrogens is 382 g/mol. The number of pyridine rings is 1. The summed E-state index contributed by atoms with van der Waals surface area (Å²) in [6.07, 6.45) is 7.63. The predicted molar refractivity (Wildman–Crippen MR) is 119 cm³/mol. The Morgan fingerprint density at radius 3 is 2.66 bits per heavy atom. The molecule has 0 radical (unpaired) electrons. The van der Waals surface area contributed by atoms with Crippen molar-refractivity contribution >= 4 is 43.4 Å². The molecule has 0 amide bonds. The highest BCUT2D eigenvalue weighted by atomic mass is 32.1. The molecule has 1 fully saturated rings. The van der Waals surface area contributed by atoms with Gasteiger partial charge in [0.15, 0.2) is 5.52 Å². The van der Waals surface area contributed by atoms with Crippen LogP contribution in [0.1, 0.15) is 44.2 Å². The molecule has 0 spiro atoms. The number of aromatic nitrogens is 3. The summed E-state index contributed by atoms with van der Waals surface area (Å²) < 4.78 is 6.83. The van der Waals surface area contributed by atoms with Crippen LogP contribution in [-0.4, -0.2) is 49.4 Å². The lowest BCUT2D eigenvalue weighted by Crippen LogP contribution is -2.37. The standard InChI is InChI=1S/C22H29N5OS/c1-3-8-26(9-4-2)21-19-18(23-14-24-21)17-15-6-5-7-16(15)20(25-22(17)29-19)27-10-12-28-13-11-27/h14H,3-13H2,1-2H3/p+1. The van der Waals surface area contributed by atoms with Crippen LogP contribution in [0.4, 0.5) is 11.6 Å². The smallest absolute Gasteiger partial charge is 0.242 e. The highest BCUT2D eigenvalue weighted by Gasteiger charge is 2.29. The molecule has 1 aliphatic carbocycles. The Morgan fingerprint density at radius 1 is 1.14 bits per heavy atom. The first-order chi connectivity index (χ1) is 14.3. The van der Waals surface area contributed by atoms with Crippen molar-refractivity contribution in [1.82, 2.24) is 9.97 Å². The maximum absolute atomic E-state index is 5.58. The van der Waals surface area contributed by atoms with Gasteiger partial charge in [-0.2, -0.15) is 0 Å². The minimum atomic E-state index is 0.796. The molecule has 6 nitrogen and oxygen atoms in total. The minimum absolute atomic E-state index is 0.796. The van der Waals surface area contributed by atoms with Gasteiger partial charge in [0.05, 0.1) is 31.7 Å². The van der Waals surface area contributed by atoms with Crippen LogP contribution in [0.2, 0.25) is 0 Å². The fourth-order valence-electron chi connectivity index (χ4n) is 4.85. The number of morpholine rings is 1. The summed E-state index contributed by atoms with van der Waals surface area (Å²) in [4.78, 5) is 19.5. The van der Waals surface area contributed by atoms with Crippen molar-refractivity contribution in [2.24, 2.45) is 0 Å². The summed E-state index contributed by atoms with van der Waals surface area (Å²) in [7, 11) is 0. The van der Waals surface area contributed by atoms with Crippen LogP contribution in [0.15, 0.2) is 6.33 Å². The van der Waals surface area contributed by atoms with E-state index in [4.69, 9.17) is 14.7 Å². The van der Waals surface area contributed by atoms with Crippen molar-refractivity contribution in [1.29, 1.82) is 0 Å². The first-order valence-electron chi connectivity index (χ1n) is 11.0. The van der Waals surface area contributed by atoms with E-state index in [0.717, 1.165) is 75.4 Å². The molecule has 1 N–H and O–H groups in total. The maximum atomic E-state index is 5.58. The monoisotopic (exact) mass is 412 g/mol. The van der Waals surface area contributed by atoms with Gasteiger partial charge in [-0.25, -0.2) is 9.97 Å². The van der Waals surface area contributed by atoms with E-state index >= 15 is 0 Å². The van der Waals surface area contributed by atoms with Gasteiger partial charge >= 0.3 is 0 Å². The quantitative estimate of drug-likeness (QED) is 0.619. The Morgan fingerprint density at radius 2 is 1.90 bits per heavy atom. The first kappa shape index (κ1) is 19.0. The summed E-state index contributed by atoms with van der Waals surface area (Å²) >= 11 is 1.81. The third-order valence-corrected chi connectivity index (χ3v) is 7.16. The molecule has 0 unspecified atom stereocenters. The molecule has 5 rings (SSSR count). The highest BCUT2D eigenvalue weighted by Crippen LogP contribution is 2.43. The second-order valence-electron chi connectivity index (χ2n) is 8.04. The van der Waals surface area contributed by atoms with Crippen LogP contribution >= 0.6 is 11.3 Å². The van der Waals surface area contributed by atoms with E-state index in [0.29, 0.717) is 0 Å². The number of ether oxygens (including phenoxy) is 1. The lowest BCUT2D eigenvalue weighted by molar-refractivity contribution is -0.366. The van der Waals surface area contributed by atoms with Crippen LogP contribution < -0.4 is 14.8 Å². The predicted octanol–water partition coefficient (Wildman–Crippen LogP) is 3.61. The fourth-order valence-corrected chi connectivity index (χ4v) is 6.03. The molecule has 3 aromatic rings. The van der Waals surface area contributed by atoms with E-state index in [9.17, 15) is 0 Å². The molecule has 0 aromatic carbocycles. The van der Waals surface area contributed by atoms with Gasteiger partial charge in [-0.15, -0.1) is 16.3 Å². The topological polar surface area (TPSA) is 55.6 Å². The lowest BCUT2D eigenvalue weighted by Gasteiger charge is -2.29. The molecule has 4 heterocycles. The number of aryl methyl sites for hydroxylation is 1. The number of nitrogens with one attached hydrogen (secondary N) is 1. The van der Waals surface area contributed by atoms with Gasteiger partial charge in [0.1, 0.15) is 15.3 Å². The number of aromatic amines is 1. The van der Waals surface area contributed by atoms with Gasteiger partial charge in [-0.05, 0) is 43.2 Å². The van der Waals surface area contributed by atoms with Crippen molar-refractivity contribution in [3.05, 3.63) is 17.5 Å². The van der Waals surface area contributed by atoms with E-state index in [1.807, 2.05) is 17.7 Å². The van der Waals surface area contributed by atoms with Gasteiger partial charge < -0.3 is 9.64 Å². The molecule has 3 aromatic heterocycles. The number of nitrogens with zero attached hydrogens (tertiary/aromatic N) is 4. The Balaban J connectivity index is 1.70. The average Bonchev–Trinajstić information content (AvgIpc) is 3.37. The average molecular weight is 413 g/mol. The van der Waals surface area contributed by atoms with Crippen molar-refractivity contribution in [2.45, 2.75) is 46.0 Å². The zero-order chi connectivity index (χ0) is 19.8. The number of hydrogen-bond donors (Lipinski definition) is 0. The van der Waals surface area contributed by atoms with Crippen LogP contribution in [0.5, 0.6) is 0 Å². The fraction of sp³-hybridized carbons (Fsp3) is 0.591. The van der Waals surface area contributed by atoms with Crippen molar-refractivity contribution < 1.29 is 9.72 Å². The molecular formula is C22H30N5OS+. The SMILES string of the molecule is CCCN(CCC)c1[nH+]cnc2c1sc1nc(N3CCOCC3)c3c(c12)CCC3. The Labute approximate surface area is 175 Å². The molecule has 0 bridgehead atoms. The molecule has 154 valence electrons. The maximum Gasteiger partial charge on any atom is 0.242 e. The van der Waals surface area contributed by atoms with Crippen molar-refractivity contribution in [3.8, 4) is 0 Å². The summed E-state index contributed by atoms with van der Waals surface area (Å²) in [5.74, 6) is 2.41. The second-order valence-corrected chi connectivity index (χ2v) is 9.04. The van der Waals surface area contributed by atoms with Gasteiger partial charge in [0, 0.05) is 13.1 Å². The minimum Gasteiger partial charge on any atom is -0.378 e. The number of hydrogen-bond acceptors (Lipinski definition) is 6. The van der Waals surface area contributed by atoms with Gasteiger partial charge in [0.25, 0.3) is 0 Å². The number of anilines is 2. The van der Waals surface area contributed by atoms with Crippen LogP contribution in [0, 0.1) is 0 Å². The van der Waals surface area contributed by atoms with E-state index in [-0.39, 0.29) is 0 Å². The van der Waals surface area contributed by atoms with Crippen molar-refractivity contribution in [2.75, 3.05) is 49.2 Å². The molecule has 7 heteroatoms. The van der Waals surface area contributed by atoms with Gasteiger partial charge in [0.2, 0.25) is 12.1 Å². The first-order valence-corrected chi connectivity index (χ1v) is 11.9. The summed E-state index contributed by atoms with van der Waals surface area (Å²) in [5.41, 5.74) is 4.08. The number of rotatable bonds is 6. The number of H-pyrrole nitrogens is 1. The molecule has 1 aliphatic heterocycles. The van der Waals surface area contributed by atoms with Crippen LogP contribution in [0.3, 0.4) is 0 Å². The Bertz CT molecular complexity index is 1020. The number of fused-ring (bicyclic) bond motifs is 5. The van der Waals surface area contributed by atoms with E-state index in [1.54, 1.807) is 0 Å². The summed E-state index contributed by atoms with van der Waals surface area (Å²) in [5, 5.41) is 1.30. The molecule has 0 saturated carbocycles. The third kappa shape index (κ3) is 3.24. The summed E-state index contributed by atoms with van der Waals surface area (Å²) in [6, 6.07) is 0. The zero-order valence-corrected chi connectivity index (χ0v) is 18.3. The Kier molecular flexibility index (Phi) is 5.26. The van der Waals surface area contributed by atoms with Crippen molar-refractivity contribution in [3.63, 3.8) is 0 Å². The number of thiophene rings is 1. The highest BCUT2D eigenvalue weighted by molar-refractivity contribution is 7.26. The molecule has 0 atom stereocenters. The van der Waals surface area contributed by atoms with Crippen LogP contribution in [0.25, 0.3) is 20.4 Å². The van der Waals surface area contributed by atoms with E-state index < -0.39 is 0 Å². The molecule has 1 saturated heterocycles. The molecule has 29 heavy (non-hydrogen) atoms. The van der Waals surface area contributed by atoms with E-state index in [1.165, 1.54) is 39.3 Å². The van der Waals surface area contributed by atoms with Gasteiger partial charge in [-0.3, -0.25) is 4.90 Å². The lowest BCUT2D eigenvalue weighted by atomic mass is 10.1. The van der Waals surface area contributed by atoms with E-state index in [2.05, 4.69) is 28.6 Å². The Hall–Kier alpha value is -1.99. The summed E-state index contributed by atoms with van der Waals surface area (Å²) in [6.45, 7) is 10.1. The largest absolute Gasteiger partial charge is 0.378 e. The zero-order valence-electron chi connectivity index (χ0n) is 17.5. The van der Waals surface area contributed by atoms with Gasteiger partial charge in [-0.1, -0.05) is 13.8 Å². The second kappa shape index (κ2) is 8.03. The molecule has 2 aliphatic rings. The van der Waals surface area contributed by atoms with Crippen LogP contribution in [-0.2, 0) is 17.6 Å².